The Morgan fingerprint density at radius 1 is 1.17 bits per heavy atom. The van der Waals surface area contributed by atoms with E-state index in [9.17, 15) is 4.79 Å². The van der Waals surface area contributed by atoms with Gasteiger partial charge in [0.2, 0.25) is 0 Å². The maximum absolute atomic E-state index is 11.6. The Morgan fingerprint density at radius 2 is 1.89 bits per heavy atom. The van der Waals surface area contributed by atoms with Crippen molar-refractivity contribution in [2.45, 2.75) is 13.5 Å². The summed E-state index contributed by atoms with van der Waals surface area (Å²) in [4.78, 5) is 11.6. The van der Waals surface area contributed by atoms with E-state index in [2.05, 4.69) is 33.4 Å². The Balaban J connectivity index is 2.17. The summed E-state index contributed by atoms with van der Waals surface area (Å²) in [5.41, 5.74) is 2.77. The standard InChI is InChI=1S/C15H14BrNO/c1-11(18)14-9-13(16)7-8-15(14)17-10-12-5-3-2-4-6-12/h2-9,17H,10H2,1H3. The van der Waals surface area contributed by atoms with Crippen molar-refractivity contribution in [3.05, 3.63) is 64.1 Å². The van der Waals surface area contributed by atoms with Crippen molar-refractivity contribution in [3.8, 4) is 0 Å². The predicted molar refractivity (Wildman–Crippen MR) is 77.9 cm³/mol. The Kier molecular flexibility index (Phi) is 4.15. The zero-order valence-electron chi connectivity index (χ0n) is 10.1. The molecule has 1 N–H and O–H groups in total. The van der Waals surface area contributed by atoms with Gasteiger partial charge in [-0.3, -0.25) is 4.79 Å². The minimum atomic E-state index is 0.0619. The monoisotopic (exact) mass is 303 g/mol. The molecule has 0 saturated carbocycles. The number of carbonyl (C=O) groups excluding carboxylic acids is 1. The van der Waals surface area contributed by atoms with Gasteiger partial charge >= 0.3 is 0 Å². The summed E-state index contributed by atoms with van der Waals surface area (Å²) < 4.78 is 0.915. The average molecular weight is 304 g/mol. The van der Waals surface area contributed by atoms with E-state index in [1.165, 1.54) is 5.56 Å². The van der Waals surface area contributed by atoms with E-state index < -0.39 is 0 Å². The average Bonchev–Trinajstić information content (AvgIpc) is 2.38. The lowest BCUT2D eigenvalue weighted by Gasteiger charge is -2.10. The fraction of sp³-hybridized carbons (Fsp3) is 0.133. The molecule has 0 unspecified atom stereocenters. The van der Waals surface area contributed by atoms with Gasteiger partial charge < -0.3 is 5.32 Å². The van der Waals surface area contributed by atoms with Gasteiger partial charge in [-0.25, -0.2) is 0 Å². The zero-order chi connectivity index (χ0) is 13.0. The van der Waals surface area contributed by atoms with Crippen LogP contribution in [0.5, 0.6) is 0 Å². The van der Waals surface area contributed by atoms with Crippen LogP contribution in [-0.2, 0) is 6.54 Å². The molecule has 0 bridgehead atoms. The number of carbonyl (C=O) groups is 1. The van der Waals surface area contributed by atoms with Gasteiger partial charge in [0.15, 0.2) is 5.78 Å². The quantitative estimate of drug-likeness (QED) is 0.855. The molecule has 0 aliphatic carbocycles. The number of hydrogen-bond donors (Lipinski definition) is 1. The molecule has 0 spiro atoms. The van der Waals surface area contributed by atoms with Crippen LogP contribution in [0.4, 0.5) is 5.69 Å². The number of anilines is 1. The lowest BCUT2D eigenvalue weighted by molar-refractivity contribution is 0.101. The van der Waals surface area contributed by atoms with Gasteiger partial charge in [-0.05, 0) is 30.7 Å². The minimum absolute atomic E-state index is 0.0619. The fourth-order valence-electron chi connectivity index (χ4n) is 1.76. The molecule has 0 aliphatic rings. The van der Waals surface area contributed by atoms with E-state index in [0.29, 0.717) is 12.1 Å². The second kappa shape index (κ2) is 5.83. The van der Waals surface area contributed by atoms with E-state index in [4.69, 9.17) is 0 Å². The van der Waals surface area contributed by atoms with Gasteiger partial charge in [0, 0.05) is 22.3 Å². The number of rotatable bonds is 4. The van der Waals surface area contributed by atoms with Crippen LogP contribution in [0.15, 0.2) is 53.0 Å². The van der Waals surface area contributed by atoms with Gasteiger partial charge in [-0.1, -0.05) is 46.3 Å². The van der Waals surface area contributed by atoms with Crippen molar-refractivity contribution >= 4 is 27.4 Å². The summed E-state index contributed by atoms with van der Waals surface area (Å²) in [7, 11) is 0. The summed E-state index contributed by atoms with van der Waals surface area (Å²) in [6.07, 6.45) is 0. The fourth-order valence-corrected chi connectivity index (χ4v) is 2.12. The molecule has 0 amide bonds. The van der Waals surface area contributed by atoms with Gasteiger partial charge in [0.1, 0.15) is 0 Å². The highest BCUT2D eigenvalue weighted by Gasteiger charge is 2.07. The molecule has 18 heavy (non-hydrogen) atoms. The van der Waals surface area contributed by atoms with Crippen molar-refractivity contribution in [1.29, 1.82) is 0 Å². The molecule has 0 aliphatic heterocycles. The number of halogens is 1. The molecule has 0 atom stereocenters. The topological polar surface area (TPSA) is 29.1 Å². The first kappa shape index (κ1) is 12.8. The van der Waals surface area contributed by atoms with E-state index in [-0.39, 0.29) is 5.78 Å². The van der Waals surface area contributed by atoms with Gasteiger partial charge in [0.05, 0.1) is 0 Å². The molecular formula is C15H14BrNO. The molecule has 2 nitrogen and oxygen atoms in total. The van der Waals surface area contributed by atoms with Crippen molar-refractivity contribution in [2.24, 2.45) is 0 Å². The molecule has 0 heterocycles. The SMILES string of the molecule is CC(=O)c1cc(Br)ccc1NCc1ccccc1. The third-order valence-electron chi connectivity index (χ3n) is 2.69. The summed E-state index contributed by atoms with van der Waals surface area (Å²) >= 11 is 3.38. The predicted octanol–water partition coefficient (Wildman–Crippen LogP) is 4.26. The molecule has 3 heteroatoms. The lowest BCUT2D eigenvalue weighted by Crippen LogP contribution is -2.04. The van der Waals surface area contributed by atoms with E-state index in [1.807, 2.05) is 36.4 Å². The second-order valence-corrected chi connectivity index (χ2v) is 5.00. The smallest absolute Gasteiger partial charge is 0.161 e. The van der Waals surface area contributed by atoms with Gasteiger partial charge in [-0.2, -0.15) is 0 Å². The Hall–Kier alpha value is -1.61. The minimum Gasteiger partial charge on any atom is -0.380 e. The lowest BCUT2D eigenvalue weighted by atomic mass is 10.1. The van der Waals surface area contributed by atoms with E-state index >= 15 is 0 Å². The largest absolute Gasteiger partial charge is 0.380 e. The van der Waals surface area contributed by atoms with Crippen LogP contribution < -0.4 is 5.32 Å². The highest BCUT2D eigenvalue weighted by molar-refractivity contribution is 9.10. The van der Waals surface area contributed by atoms with Crippen LogP contribution in [-0.4, -0.2) is 5.78 Å². The molecule has 2 aromatic carbocycles. The molecular weight excluding hydrogens is 290 g/mol. The van der Waals surface area contributed by atoms with E-state index in [1.54, 1.807) is 6.92 Å². The molecule has 0 saturated heterocycles. The number of benzene rings is 2. The van der Waals surface area contributed by atoms with Crippen molar-refractivity contribution in [1.82, 2.24) is 0 Å². The Morgan fingerprint density at radius 3 is 2.56 bits per heavy atom. The highest BCUT2D eigenvalue weighted by atomic mass is 79.9. The summed E-state index contributed by atoms with van der Waals surface area (Å²) in [5.74, 6) is 0.0619. The first-order chi connectivity index (χ1) is 8.66. The number of hydrogen-bond acceptors (Lipinski definition) is 2. The maximum atomic E-state index is 11.6. The highest BCUT2D eigenvalue weighted by Crippen LogP contribution is 2.22. The van der Waals surface area contributed by atoms with Crippen LogP contribution in [0, 0.1) is 0 Å². The molecule has 0 radical (unpaired) electrons. The van der Waals surface area contributed by atoms with Crippen LogP contribution in [0.1, 0.15) is 22.8 Å². The first-order valence-electron chi connectivity index (χ1n) is 5.75. The van der Waals surface area contributed by atoms with Crippen LogP contribution >= 0.6 is 15.9 Å². The third-order valence-corrected chi connectivity index (χ3v) is 3.18. The normalized spacial score (nSPS) is 10.1. The zero-order valence-corrected chi connectivity index (χ0v) is 11.7. The van der Waals surface area contributed by atoms with Crippen LogP contribution in [0.25, 0.3) is 0 Å². The molecule has 0 fully saturated rings. The second-order valence-electron chi connectivity index (χ2n) is 4.09. The Labute approximate surface area is 115 Å². The molecule has 2 aromatic rings. The van der Waals surface area contributed by atoms with Crippen LogP contribution in [0.2, 0.25) is 0 Å². The number of ketones is 1. The molecule has 2 rings (SSSR count). The third kappa shape index (κ3) is 3.20. The van der Waals surface area contributed by atoms with Crippen molar-refractivity contribution in [2.75, 3.05) is 5.32 Å². The van der Waals surface area contributed by atoms with Crippen molar-refractivity contribution < 1.29 is 4.79 Å². The van der Waals surface area contributed by atoms with Crippen LogP contribution in [0.3, 0.4) is 0 Å². The Bertz CT molecular complexity index is 552. The van der Waals surface area contributed by atoms with Gasteiger partial charge in [0.25, 0.3) is 0 Å². The number of nitrogens with one attached hydrogen (secondary N) is 1. The summed E-state index contributed by atoms with van der Waals surface area (Å²) in [5, 5.41) is 3.30. The van der Waals surface area contributed by atoms with E-state index in [0.717, 1.165) is 10.2 Å². The van der Waals surface area contributed by atoms with Crippen molar-refractivity contribution in [3.63, 3.8) is 0 Å². The molecule has 92 valence electrons. The first-order valence-corrected chi connectivity index (χ1v) is 6.54. The summed E-state index contributed by atoms with van der Waals surface area (Å²) in [6, 6.07) is 15.8. The van der Waals surface area contributed by atoms with Gasteiger partial charge in [-0.15, -0.1) is 0 Å². The maximum Gasteiger partial charge on any atom is 0.161 e. The summed E-state index contributed by atoms with van der Waals surface area (Å²) in [6.45, 7) is 2.29. The molecule has 0 aromatic heterocycles. The number of Topliss-reactive ketones (excluding diaryl/α,β-unsaturated/α-hetero) is 1.